The Kier molecular flexibility index (Phi) is 4.74. The number of rotatable bonds is 6. The van der Waals surface area contributed by atoms with E-state index in [1.165, 1.54) is 0 Å². The van der Waals surface area contributed by atoms with Gasteiger partial charge in [-0.15, -0.1) is 0 Å². The van der Waals surface area contributed by atoms with Gasteiger partial charge in [-0.1, -0.05) is 0 Å². The number of aromatic nitrogens is 1. The molecule has 78 valence electrons. The molecule has 1 aromatic heterocycles. The fourth-order valence-corrected chi connectivity index (χ4v) is 1.05. The van der Waals surface area contributed by atoms with Crippen LogP contribution in [0.3, 0.4) is 0 Å². The highest BCUT2D eigenvalue weighted by atomic mass is 16.3. The Morgan fingerprint density at radius 2 is 1.86 bits per heavy atom. The first-order valence-corrected chi connectivity index (χ1v) is 4.53. The van der Waals surface area contributed by atoms with E-state index in [0.29, 0.717) is 18.9 Å². The number of hydrogen-bond acceptors (Lipinski definition) is 5. The summed E-state index contributed by atoms with van der Waals surface area (Å²) in [4.78, 5) is 4.10. The monoisotopic (exact) mass is 197 g/mol. The first-order chi connectivity index (χ1) is 6.88. The largest absolute Gasteiger partial charge is 0.395 e. The van der Waals surface area contributed by atoms with Crippen molar-refractivity contribution in [3.05, 3.63) is 18.3 Å². The van der Waals surface area contributed by atoms with Crippen LogP contribution >= 0.6 is 0 Å². The summed E-state index contributed by atoms with van der Waals surface area (Å²) in [5, 5.41) is 23.3. The van der Waals surface area contributed by atoms with Crippen LogP contribution in [-0.4, -0.2) is 41.5 Å². The summed E-state index contributed by atoms with van der Waals surface area (Å²) in [6.07, 6.45) is 1.67. The number of hydrogen-bond donors (Lipinski definition) is 4. The van der Waals surface area contributed by atoms with Crippen LogP contribution in [0.15, 0.2) is 18.3 Å². The van der Waals surface area contributed by atoms with E-state index in [9.17, 15) is 0 Å². The predicted octanol–water partition coefficient (Wildman–Crippen LogP) is -0.110. The number of aliphatic hydroxyl groups is 2. The maximum absolute atomic E-state index is 8.65. The molecule has 0 aliphatic rings. The van der Waals surface area contributed by atoms with Gasteiger partial charge in [-0.3, -0.25) is 0 Å². The molecule has 0 atom stereocenters. The zero-order valence-corrected chi connectivity index (χ0v) is 7.90. The summed E-state index contributed by atoms with van der Waals surface area (Å²) >= 11 is 0. The number of anilines is 2. The highest BCUT2D eigenvalue weighted by Gasteiger charge is 2.00. The Labute approximate surface area is 82.8 Å². The highest BCUT2D eigenvalue weighted by Crippen LogP contribution is 2.16. The average molecular weight is 197 g/mol. The minimum Gasteiger partial charge on any atom is -0.395 e. The van der Waals surface area contributed by atoms with Crippen LogP contribution in [-0.2, 0) is 0 Å². The molecule has 14 heavy (non-hydrogen) atoms. The van der Waals surface area contributed by atoms with Crippen molar-refractivity contribution in [3.63, 3.8) is 0 Å². The molecule has 0 aliphatic heterocycles. The van der Waals surface area contributed by atoms with E-state index in [1.807, 2.05) is 12.1 Å². The lowest BCUT2D eigenvalue weighted by atomic mass is 10.3. The minimum absolute atomic E-state index is 0.0655. The molecule has 0 spiro atoms. The van der Waals surface area contributed by atoms with E-state index in [2.05, 4.69) is 15.6 Å². The molecule has 1 aromatic rings. The normalized spacial score (nSPS) is 9.86. The van der Waals surface area contributed by atoms with Crippen LogP contribution in [0, 0.1) is 0 Å². The van der Waals surface area contributed by atoms with Crippen molar-refractivity contribution in [3.8, 4) is 0 Å². The van der Waals surface area contributed by atoms with Crippen molar-refractivity contribution in [2.75, 3.05) is 36.9 Å². The lowest BCUT2D eigenvalue weighted by Crippen LogP contribution is -2.12. The van der Waals surface area contributed by atoms with Crippen LogP contribution in [0.2, 0.25) is 0 Å². The fourth-order valence-electron chi connectivity index (χ4n) is 1.05. The summed E-state index contributed by atoms with van der Waals surface area (Å²) in [6.45, 7) is 1.09. The van der Waals surface area contributed by atoms with Crippen molar-refractivity contribution in [1.29, 1.82) is 0 Å². The van der Waals surface area contributed by atoms with Crippen LogP contribution < -0.4 is 10.6 Å². The number of aliphatic hydroxyl groups excluding tert-OH is 2. The SMILES string of the molecule is OCCNc1cccnc1NCCO. The third kappa shape index (κ3) is 3.20. The van der Waals surface area contributed by atoms with E-state index in [1.54, 1.807) is 6.20 Å². The van der Waals surface area contributed by atoms with E-state index in [-0.39, 0.29) is 13.2 Å². The summed E-state index contributed by atoms with van der Waals surface area (Å²) in [5.41, 5.74) is 0.829. The molecule has 0 unspecified atom stereocenters. The summed E-state index contributed by atoms with van der Waals surface area (Å²) in [7, 11) is 0. The molecule has 1 rings (SSSR count). The second kappa shape index (κ2) is 6.17. The van der Waals surface area contributed by atoms with Crippen molar-refractivity contribution in [2.45, 2.75) is 0 Å². The molecule has 1 heterocycles. The van der Waals surface area contributed by atoms with E-state index in [4.69, 9.17) is 10.2 Å². The molecule has 0 bridgehead atoms. The summed E-state index contributed by atoms with van der Waals surface area (Å²) in [5.74, 6) is 0.690. The highest BCUT2D eigenvalue weighted by molar-refractivity contribution is 5.63. The van der Waals surface area contributed by atoms with Crippen molar-refractivity contribution in [1.82, 2.24) is 4.98 Å². The predicted molar refractivity (Wildman–Crippen MR) is 55.4 cm³/mol. The van der Waals surface area contributed by atoms with Crippen LogP contribution in [0.25, 0.3) is 0 Å². The smallest absolute Gasteiger partial charge is 0.149 e. The molecule has 0 saturated carbocycles. The second-order valence-electron chi connectivity index (χ2n) is 2.70. The van der Waals surface area contributed by atoms with Crippen molar-refractivity contribution < 1.29 is 10.2 Å². The van der Waals surface area contributed by atoms with Gasteiger partial charge in [0.2, 0.25) is 0 Å². The van der Waals surface area contributed by atoms with Gasteiger partial charge < -0.3 is 20.8 Å². The van der Waals surface area contributed by atoms with Crippen molar-refractivity contribution >= 4 is 11.5 Å². The van der Waals surface area contributed by atoms with Crippen LogP contribution in [0.5, 0.6) is 0 Å². The molecule has 4 N–H and O–H groups in total. The number of nitrogens with zero attached hydrogens (tertiary/aromatic N) is 1. The third-order valence-corrected chi connectivity index (χ3v) is 1.64. The van der Waals surface area contributed by atoms with Gasteiger partial charge >= 0.3 is 0 Å². The number of nitrogens with one attached hydrogen (secondary N) is 2. The molecule has 0 aromatic carbocycles. The van der Waals surface area contributed by atoms with Gasteiger partial charge in [-0.05, 0) is 12.1 Å². The Balaban J connectivity index is 2.60. The van der Waals surface area contributed by atoms with Gasteiger partial charge in [-0.25, -0.2) is 4.98 Å². The van der Waals surface area contributed by atoms with E-state index < -0.39 is 0 Å². The summed E-state index contributed by atoms with van der Waals surface area (Å²) < 4.78 is 0. The maximum Gasteiger partial charge on any atom is 0.149 e. The van der Waals surface area contributed by atoms with Crippen molar-refractivity contribution in [2.24, 2.45) is 0 Å². The zero-order chi connectivity index (χ0) is 10.2. The first-order valence-electron chi connectivity index (χ1n) is 4.53. The van der Waals surface area contributed by atoms with Gasteiger partial charge in [0, 0.05) is 19.3 Å². The topological polar surface area (TPSA) is 77.4 Å². The zero-order valence-electron chi connectivity index (χ0n) is 7.90. The first kappa shape index (κ1) is 10.7. The van der Waals surface area contributed by atoms with Crippen LogP contribution in [0.4, 0.5) is 11.5 Å². The second-order valence-corrected chi connectivity index (χ2v) is 2.70. The van der Waals surface area contributed by atoms with Gasteiger partial charge in [0.05, 0.1) is 18.9 Å². The lowest BCUT2D eigenvalue weighted by molar-refractivity contribution is 0.310. The Bertz CT molecular complexity index is 241. The Morgan fingerprint density at radius 3 is 2.57 bits per heavy atom. The van der Waals surface area contributed by atoms with E-state index in [0.717, 1.165) is 5.69 Å². The average Bonchev–Trinajstić information content (AvgIpc) is 2.24. The van der Waals surface area contributed by atoms with Gasteiger partial charge in [0.1, 0.15) is 5.82 Å². The molecule has 5 heteroatoms. The summed E-state index contributed by atoms with van der Waals surface area (Å²) in [6, 6.07) is 3.67. The van der Waals surface area contributed by atoms with Gasteiger partial charge in [0.25, 0.3) is 0 Å². The molecular formula is C9H15N3O2. The molecular weight excluding hydrogens is 182 g/mol. The third-order valence-electron chi connectivity index (χ3n) is 1.64. The molecule has 0 saturated heterocycles. The number of pyridine rings is 1. The quantitative estimate of drug-likeness (QED) is 0.512. The standard InChI is InChI=1S/C9H15N3O2/c13-6-4-10-8-2-1-3-11-9(8)12-5-7-14/h1-3,10,13-14H,4-7H2,(H,11,12). The molecule has 0 aliphatic carbocycles. The molecule has 0 radical (unpaired) electrons. The van der Waals surface area contributed by atoms with Gasteiger partial charge in [-0.2, -0.15) is 0 Å². The minimum atomic E-state index is 0.0655. The molecule has 0 amide bonds. The molecule has 0 fully saturated rings. The maximum atomic E-state index is 8.65. The Hall–Kier alpha value is -1.33. The van der Waals surface area contributed by atoms with Gasteiger partial charge in [0.15, 0.2) is 0 Å². The van der Waals surface area contributed by atoms with E-state index >= 15 is 0 Å². The van der Waals surface area contributed by atoms with Crippen LogP contribution in [0.1, 0.15) is 0 Å². The fraction of sp³-hybridized carbons (Fsp3) is 0.444. The Morgan fingerprint density at radius 1 is 1.14 bits per heavy atom. The molecule has 5 nitrogen and oxygen atoms in total. The lowest BCUT2D eigenvalue weighted by Gasteiger charge is -2.10.